The highest BCUT2D eigenvalue weighted by atomic mass is 32.2. The molecule has 0 aliphatic carbocycles. The molecule has 0 bridgehead atoms. The molecule has 132 valence electrons. The second-order valence-corrected chi connectivity index (χ2v) is 6.75. The number of thioether (sulfide) groups is 1. The average molecular weight is 361 g/mol. The van der Waals surface area contributed by atoms with Gasteiger partial charge >= 0.3 is 5.97 Å². The first kappa shape index (κ1) is 17.6. The van der Waals surface area contributed by atoms with Crippen LogP contribution >= 0.6 is 11.8 Å². The van der Waals surface area contributed by atoms with Gasteiger partial charge in [0.2, 0.25) is 0 Å². The SMILES string of the molecule is O=C(NC1CCCOC1)c1ccccc1SCc1occc1C(=O)O. The van der Waals surface area contributed by atoms with Gasteiger partial charge < -0.3 is 19.6 Å². The summed E-state index contributed by atoms with van der Waals surface area (Å²) in [5.41, 5.74) is 0.718. The Bertz CT molecular complexity index is 751. The standard InChI is InChI=1S/C18H19NO5S/c20-17(19-12-4-3-8-23-10-12)14-5-1-2-6-16(14)25-11-15-13(18(21)22)7-9-24-15/h1-2,5-7,9,12H,3-4,8,10-11H2,(H,19,20)(H,21,22). The van der Waals surface area contributed by atoms with E-state index >= 15 is 0 Å². The molecule has 0 spiro atoms. The zero-order chi connectivity index (χ0) is 17.6. The zero-order valence-electron chi connectivity index (χ0n) is 13.6. The molecule has 3 rings (SSSR count). The largest absolute Gasteiger partial charge is 0.478 e. The molecule has 0 saturated carbocycles. The average Bonchev–Trinajstić information content (AvgIpc) is 3.10. The predicted molar refractivity (Wildman–Crippen MR) is 93.0 cm³/mol. The highest BCUT2D eigenvalue weighted by Crippen LogP contribution is 2.28. The van der Waals surface area contributed by atoms with Crippen molar-refractivity contribution in [3.8, 4) is 0 Å². The molecule has 2 heterocycles. The van der Waals surface area contributed by atoms with Crippen LogP contribution in [0.25, 0.3) is 0 Å². The molecule has 1 aromatic carbocycles. The number of carbonyl (C=O) groups is 2. The summed E-state index contributed by atoms with van der Waals surface area (Å²) in [6.45, 7) is 1.28. The number of benzene rings is 1. The van der Waals surface area contributed by atoms with Crippen molar-refractivity contribution in [2.75, 3.05) is 13.2 Å². The number of carboxylic acids is 1. The minimum Gasteiger partial charge on any atom is -0.478 e. The van der Waals surface area contributed by atoms with Crippen molar-refractivity contribution in [1.29, 1.82) is 0 Å². The van der Waals surface area contributed by atoms with Crippen LogP contribution in [0, 0.1) is 0 Å². The molecule has 1 unspecified atom stereocenters. The summed E-state index contributed by atoms with van der Waals surface area (Å²) in [6.07, 6.45) is 3.22. The van der Waals surface area contributed by atoms with Crippen molar-refractivity contribution in [1.82, 2.24) is 5.32 Å². The van der Waals surface area contributed by atoms with Crippen molar-refractivity contribution in [2.24, 2.45) is 0 Å². The van der Waals surface area contributed by atoms with E-state index in [1.165, 1.54) is 24.1 Å². The fourth-order valence-electron chi connectivity index (χ4n) is 2.68. The molecule has 7 heteroatoms. The maximum Gasteiger partial charge on any atom is 0.339 e. The Morgan fingerprint density at radius 1 is 1.24 bits per heavy atom. The molecule has 2 aromatic rings. The Hall–Kier alpha value is -2.25. The lowest BCUT2D eigenvalue weighted by molar-refractivity contribution is 0.0622. The predicted octanol–water partition coefficient (Wildman–Crippen LogP) is 3.18. The van der Waals surface area contributed by atoms with E-state index in [-0.39, 0.29) is 17.5 Å². The number of carbonyl (C=O) groups excluding carboxylic acids is 1. The van der Waals surface area contributed by atoms with E-state index in [0.29, 0.717) is 23.7 Å². The Labute approximate surface area is 149 Å². The number of amides is 1. The topological polar surface area (TPSA) is 88.8 Å². The molecule has 0 radical (unpaired) electrons. The van der Waals surface area contributed by atoms with Gasteiger partial charge in [-0.1, -0.05) is 12.1 Å². The minimum absolute atomic E-state index is 0.0305. The van der Waals surface area contributed by atoms with E-state index in [1.807, 2.05) is 18.2 Å². The normalized spacial score (nSPS) is 17.2. The van der Waals surface area contributed by atoms with Crippen molar-refractivity contribution in [3.05, 3.63) is 53.5 Å². The van der Waals surface area contributed by atoms with Crippen LogP contribution in [0.3, 0.4) is 0 Å². The second kappa shape index (κ2) is 8.22. The van der Waals surface area contributed by atoms with Crippen molar-refractivity contribution in [2.45, 2.75) is 29.5 Å². The third kappa shape index (κ3) is 4.43. The van der Waals surface area contributed by atoms with E-state index in [1.54, 1.807) is 6.07 Å². The Balaban J connectivity index is 1.68. The number of hydrogen-bond acceptors (Lipinski definition) is 5. The quantitative estimate of drug-likeness (QED) is 0.768. The van der Waals surface area contributed by atoms with Gasteiger partial charge in [0.15, 0.2) is 0 Å². The van der Waals surface area contributed by atoms with Gasteiger partial charge in [-0.2, -0.15) is 0 Å². The van der Waals surface area contributed by atoms with Gasteiger partial charge in [-0.05, 0) is 31.0 Å². The molecule has 6 nitrogen and oxygen atoms in total. The van der Waals surface area contributed by atoms with Crippen LogP contribution in [0.4, 0.5) is 0 Å². The number of furan rings is 1. The number of carboxylic acid groups (broad SMARTS) is 1. The maximum atomic E-state index is 12.6. The number of aromatic carboxylic acids is 1. The highest BCUT2D eigenvalue weighted by Gasteiger charge is 2.20. The molecule has 2 N–H and O–H groups in total. The summed E-state index contributed by atoms with van der Waals surface area (Å²) in [5, 5.41) is 12.1. The van der Waals surface area contributed by atoms with Crippen LogP contribution < -0.4 is 5.32 Å². The summed E-state index contributed by atoms with van der Waals surface area (Å²) in [4.78, 5) is 24.5. The smallest absolute Gasteiger partial charge is 0.339 e. The Morgan fingerprint density at radius 3 is 2.84 bits per heavy atom. The van der Waals surface area contributed by atoms with Crippen LogP contribution in [0.2, 0.25) is 0 Å². The van der Waals surface area contributed by atoms with Gasteiger partial charge in [0.1, 0.15) is 11.3 Å². The van der Waals surface area contributed by atoms with E-state index in [9.17, 15) is 9.59 Å². The summed E-state index contributed by atoms with van der Waals surface area (Å²) >= 11 is 1.38. The summed E-state index contributed by atoms with van der Waals surface area (Å²) in [7, 11) is 0. The third-order valence-electron chi connectivity index (χ3n) is 3.96. The lowest BCUT2D eigenvalue weighted by Gasteiger charge is -2.23. The fraction of sp³-hybridized carbons (Fsp3) is 0.333. The van der Waals surface area contributed by atoms with E-state index in [4.69, 9.17) is 14.3 Å². The molecule has 25 heavy (non-hydrogen) atoms. The first-order valence-corrected chi connectivity index (χ1v) is 9.04. The number of ether oxygens (including phenoxy) is 1. The number of nitrogens with one attached hydrogen (secondary N) is 1. The van der Waals surface area contributed by atoms with E-state index in [2.05, 4.69) is 5.32 Å². The van der Waals surface area contributed by atoms with Gasteiger partial charge in [-0.25, -0.2) is 4.79 Å². The first-order chi connectivity index (χ1) is 12.1. The van der Waals surface area contributed by atoms with Crippen LogP contribution in [0.5, 0.6) is 0 Å². The van der Waals surface area contributed by atoms with Gasteiger partial charge in [0.05, 0.1) is 30.2 Å². The molecule has 1 aliphatic rings. The maximum absolute atomic E-state index is 12.6. The zero-order valence-corrected chi connectivity index (χ0v) is 14.4. The first-order valence-electron chi connectivity index (χ1n) is 8.05. The molecule has 1 saturated heterocycles. The van der Waals surface area contributed by atoms with Gasteiger partial charge in [-0.15, -0.1) is 11.8 Å². The number of rotatable bonds is 6. The minimum atomic E-state index is -1.02. The summed E-state index contributed by atoms with van der Waals surface area (Å²) in [5.74, 6) is -0.441. The van der Waals surface area contributed by atoms with Crippen LogP contribution in [0.1, 0.15) is 39.3 Å². The second-order valence-electron chi connectivity index (χ2n) is 5.73. The third-order valence-corrected chi connectivity index (χ3v) is 5.04. The van der Waals surface area contributed by atoms with Crippen LogP contribution in [0.15, 0.2) is 45.9 Å². The lowest BCUT2D eigenvalue weighted by atomic mass is 10.1. The summed E-state index contributed by atoms with van der Waals surface area (Å²) < 4.78 is 10.6. The van der Waals surface area contributed by atoms with E-state index < -0.39 is 5.97 Å². The Kier molecular flexibility index (Phi) is 5.78. The lowest BCUT2D eigenvalue weighted by Crippen LogP contribution is -2.40. The van der Waals surface area contributed by atoms with Crippen LogP contribution in [-0.2, 0) is 10.5 Å². The molecular weight excluding hydrogens is 342 g/mol. The number of hydrogen-bond donors (Lipinski definition) is 2. The molecular formula is C18H19NO5S. The van der Waals surface area contributed by atoms with Gasteiger partial charge in [0.25, 0.3) is 5.91 Å². The molecule has 1 amide bonds. The van der Waals surface area contributed by atoms with Gasteiger partial charge in [-0.3, -0.25) is 4.79 Å². The van der Waals surface area contributed by atoms with Gasteiger partial charge in [0, 0.05) is 11.5 Å². The fourth-order valence-corrected chi connectivity index (χ4v) is 3.69. The van der Waals surface area contributed by atoms with Crippen molar-refractivity contribution in [3.63, 3.8) is 0 Å². The van der Waals surface area contributed by atoms with E-state index in [0.717, 1.165) is 24.3 Å². The monoisotopic (exact) mass is 361 g/mol. The van der Waals surface area contributed by atoms with Crippen molar-refractivity contribution >= 4 is 23.6 Å². The van der Waals surface area contributed by atoms with Crippen molar-refractivity contribution < 1.29 is 23.8 Å². The van der Waals surface area contributed by atoms with Crippen LogP contribution in [-0.4, -0.2) is 36.2 Å². The molecule has 1 atom stereocenters. The Morgan fingerprint density at radius 2 is 2.08 bits per heavy atom. The highest BCUT2D eigenvalue weighted by molar-refractivity contribution is 7.98. The molecule has 1 fully saturated rings. The molecule has 1 aliphatic heterocycles. The molecule has 1 aromatic heterocycles. The summed E-state index contributed by atoms with van der Waals surface area (Å²) in [6, 6.07) is 8.74.